The lowest BCUT2D eigenvalue weighted by atomic mass is 9.94. The molecule has 5 rings (SSSR count). The van der Waals surface area contributed by atoms with Crippen molar-refractivity contribution in [1.82, 2.24) is 14.4 Å². The molecule has 3 aromatic rings. The number of nitrogens with zero attached hydrogens (tertiary/aromatic N) is 3. The number of aromatic nitrogens is 1. The topological polar surface area (TPSA) is 28.5 Å². The van der Waals surface area contributed by atoms with E-state index in [4.69, 9.17) is 0 Å². The van der Waals surface area contributed by atoms with Crippen molar-refractivity contribution in [2.24, 2.45) is 7.05 Å². The van der Waals surface area contributed by atoms with Gasteiger partial charge in [-0.1, -0.05) is 48.5 Å². The van der Waals surface area contributed by atoms with Crippen LogP contribution < -0.4 is 0 Å². The number of amides is 1. The van der Waals surface area contributed by atoms with Crippen molar-refractivity contribution in [3.63, 3.8) is 0 Å². The van der Waals surface area contributed by atoms with Crippen molar-refractivity contribution in [3.8, 4) is 0 Å². The Kier molecular flexibility index (Phi) is 5.11. The van der Waals surface area contributed by atoms with Gasteiger partial charge in [-0.3, -0.25) is 4.79 Å². The van der Waals surface area contributed by atoms with Crippen LogP contribution >= 0.6 is 0 Å². The first-order chi connectivity index (χ1) is 14.7. The van der Waals surface area contributed by atoms with Gasteiger partial charge < -0.3 is 14.4 Å². The van der Waals surface area contributed by atoms with Gasteiger partial charge in [0.2, 0.25) is 5.91 Å². The van der Waals surface area contributed by atoms with E-state index in [9.17, 15) is 4.79 Å². The van der Waals surface area contributed by atoms with Gasteiger partial charge in [0.1, 0.15) is 0 Å². The van der Waals surface area contributed by atoms with Gasteiger partial charge >= 0.3 is 0 Å². The summed E-state index contributed by atoms with van der Waals surface area (Å²) in [4.78, 5) is 18.5. The van der Waals surface area contributed by atoms with Crippen LogP contribution in [0.3, 0.4) is 0 Å². The van der Waals surface area contributed by atoms with Gasteiger partial charge in [-0.2, -0.15) is 0 Å². The molecule has 0 unspecified atom stereocenters. The summed E-state index contributed by atoms with van der Waals surface area (Å²) < 4.78 is 2.24. The van der Waals surface area contributed by atoms with Crippen LogP contribution in [0.4, 0.5) is 0 Å². The lowest BCUT2D eigenvalue weighted by molar-refractivity contribution is -0.134. The van der Waals surface area contributed by atoms with E-state index in [1.165, 1.54) is 48.1 Å². The van der Waals surface area contributed by atoms with Crippen molar-refractivity contribution in [2.45, 2.75) is 37.6 Å². The molecule has 1 aliphatic heterocycles. The first-order valence-corrected chi connectivity index (χ1v) is 11.3. The van der Waals surface area contributed by atoms with Crippen LogP contribution in [0.2, 0.25) is 0 Å². The number of aryl methyl sites for hydroxylation is 1. The maximum absolute atomic E-state index is 13.9. The van der Waals surface area contributed by atoms with Crippen molar-refractivity contribution in [1.29, 1.82) is 0 Å². The van der Waals surface area contributed by atoms with Crippen LogP contribution in [0.5, 0.6) is 0 Å². The number of hydrogen-bond acceptors (Lipinski definition) is 2. The summed E-state index contributed by atoms with van der Waals surface area (Å²) in [6, 6.07) is 21.1. The maximum Gasteiger partial charge on any atom is 0.233 e. The molecular weight excluding hydrogens is 370 g/mol. The molecule has 4 heteroatoms. The summed E-state index contributed by atoms with van der Waals surface area (Å²) in [6.07, 6.45) is 4.49. The van der Waals surface area contributed by atoms with Crippen LogP contribution in [0.15, 0.2) is 60.7 Å². The first kappa shape index (κ1) is 19.4. The van der Waals surface area contributed by atoms with Crippen molar-refractivity contribution < 1.29 is 4.79 Å². The van der Waals surface area contributed by atoms with Crippen molar-refractivity contribution in [2.75, 3.05) is 26.2 Å². The molecule has 0 atom stereocenters. The van der Waals surface area contributed by atoms with Gasteiger partial charge in [-0.05, 0) is 61.9 Å². The summed E-state index contributed by atoms with van der Waals surface area (Å²) >= 11 is 0. The highest BCUT2D eigenvalue weighted by molar-refractivity contribution is 5.91. The number of carbonyl (C=O) groups is 1. The minimum Gasteiger partial charge on any atom is -0.346 e. The Balaban J connectivity index is 1.42. The summed E-state index contributed by atoms with van der Waals surface area (Å²) in [5.74, 6) is 0.304. The standard InChI is InChI=1S/C26H31N3O/c1-27-23(19-21-9-5-6-12-24(21)27)20-29(18-17-28-15-7-8-16-28)25(30)26(13-14-26)22-10-3-2-4-11-22/h2-6,9-12,19H,7-8,13-18,20H2,1H3. The normalized spacial score (nSPS) is 18.0. The zero-order valence-electron chi connectivity index (χ0n) is 17.9. The summed E-state index contributed by atoms with van der Waals surface area (Å²) in [5, 5.41) is 1.24. The summed E-state index contributed by atoms with van der Waals surface area (Å²) in [5.41, 5.74) is 3.30. The second-order valence-electron chi connectivity index (χ2n) is 8.98. The highest BCUT2D eigenvalue weighted by Gasteiger charge is 2.52. The Morgan fingerprint density at radius 2 is 1.70 bits per heavy atom. The second kappa shape index (κ2) is 7.92. The molecule has 0 spiro atoms. The van der Waals surface area contributed by atoms with E-state index >= 15 is 0 Å². The summed E-state index contributed by atoms with van der Waals surface area (Å²) in [7, 11) is 2.12. The highest BCUT2D eigenvalue weighted by Crippen LogP contribution is 2.49. The number of fused-ring (bicyclic) bond motifs is 1. The monoisotopic (exact) mass is 401 g/mol. The molecule has 1 aromatic heterocycles. The predicted molar refractivity (Wildman–Crippen MR) is 121 cm³/mol. The molecule has 0 bridgehead atoms. The fraction of sp³-hybridized carbons (Fsp3) is 0.423. The molecule has 30 heavy (non-hydrogen) atoms. The predicted octanol–water partition coefficient (Wildman–Crippen LogP) is 4.33. The van der Waals surface area contributed by atoms with E-state index in [1.54, 1.807) is 0 Å². The third-order valence-corrected chi connectivity index (χ3v) is 7.06. The Morgan fingerprint density at radius 3 is 2.40 bits per heavy atom. The minimum absolute atomic E-state index is 0.304. The lowest BCUT2D eigenvalue weighted by Crippen LogP contribution is -2.43. The Hall–Kier alpha value is -2.59. The van der Waals surface area contributed by atoms with Crippen LogP contribution in [0.1, 0.15) is 36.9 Å². The highest BCUT2D eigenvalue weighted by atomic mass is 16.2. The molecule has 2 aromatic carbocycles. The fourth-order valence-electron chi connectivity index (χ4n) is 5.02. The zero-order chi connectivity index (χ0) is 20.6. The van der Waals surface area contributed by atoms with Crippen LogP contribution in [0, 0.1) is 0 Å². The third kappa shape index (κ3) is 3.54. The van der Waals surface area contributed by atoms with E-state index in [2.05, 4.69) is 76.0 Å². The number of carbonyl (C=O) groups excluding carboxylic acids is 1. The quantitative estimate of drug-likeness (QED) is 0.589. The Bertz CT molecular complexity index is 1030. The van der Waals surface area contributed by atoms with Gasteiger partial charge in [0.05, 0.1) is 12.0 Å². The van der Waals surface area contributed by atoms with E-state index in [0.717, 1.165) is 25.9 Å². The number of rotatable bonds is 7. The van der Waals surface area contributed by atoms with E-state index in [-0.39, 0.29) is 5.41 Å². The number of para-hydroxylation sites is 1. The lowest BCUT2D eigenvalue weighted by Gasteiger charge is -2.30. The fourth-order valence-corrected chi connectivity index (χ4v) is 5.02. The SMILES string of the molecule is Cn1c(CN(CCN2CCCC2)C(=O)C2(c3ccccc3)CC2)cc2ccccc21. The van der Waals surface area contributed by atoms with Crippen LogP contribution in [0.25, 0.3) is 10.9 Å². The average Bonchev–Trinajstić information content (AvgIpc) is 3.32. The molecule has 4 nitrogen and oxygen atoms in total. The Labute approximate surface area is 179 Å². The molecule has 2 aliphatic rings. The smallest absolute Gasteiger partial charge is 0.233 e. The van der Waals surface area contributed by atoms with Gasteiger partial charge in [-0.25, -0.2) is 0 Å². The molecule has 0 N–H and O–H groups in total. The van der Waals surface area contributed by atoms with Gasteiger partial charge in [0, 0.05) is 31.3 Å². The zero-order valence-corrected chi connectivity index (χ0v) is 17.9. The van der Waals surface area contributed by atoms with Crippen LogP contribution in [-0.2, 0) is 23.8 Å². The van der Waals surface area contributed by atoms with E-state index in [1.807, 2.05) is 6.07 Å². The molecule has 2 fully saturated rings. The van der Waals surface area contributed by atoms with Crippen molar-refractivity contribution >= 4 is 16.8 Å². The van der Waals surface area contributed by atoms with Crippen LogP contribution in [-0.4, -0.2) is 46.5 Å². The molecule has 2 heterocycles. The summed E-state index contributed by atoms with van der Waals surface area (Å²) in [6.45, 7) is 4.78. The van der Waals surface area contributed by atoms with Crippen molar-refractivity contribution in [3.05, 3.63) is 71.9 Å². The third-order valence-electron chi connectivity index (χ3n) is 7.06. The van der Waals surface area contributed by atoms with Gasteiger partial charge in [0.25, 0.3) is 0 Å². The Morgan fingerprint density at radius 1 is 1.00 bits per heavy atom. The van der Waals surface area contributed by atoms with Gasteiger partial charge in [-0.15, -0.1) is 0 Å². The van der Waals surface area contributed by atoms with Gasteiger partial charge in [0.15, 0.2) is 0 Å². The number of likely N-dealkylation sites (tertiary alicyclic amines) is 1. The first-order valence-electron chi connectivity index (χ1n) is 11.3. The molecular formula is C26H31N3O. The molecule has 0 radical (unpaired) electrons. The minimum atomic E-state index is -0.309. The molecule has 1 amide bonds. The van der Waals surface area contributed by atoms with E-state index in [0.29, 0.717) is 12.5 Å². The van der Waals surface area contributed by atoms with E-state index < -0.39 is 0 Å². The number of benzene rings is 2. The average molecular weight is 402 g/mol. The largest absolute Gasteiger partial charge is 0.346 e. The molecule has 156 valence electrons. The second-order valence-corrected chi connectivity index (χ2v) is 8.98. The molecule has 1 aliphatic carbocycles. The molecule has 1 saturated heterocycles. The maximum atomic E-state index is 13.9. The molecule has 1 saturated carbocycles. The number of hydrogen-bond donors (Lipinski definition) is 0.